The minimum atomic E-state index is -5.20. The molecule has 0 rings (SSSR count). The van der Waals surface area contributed by atoms with Gasteiger partial charge in [-0.2, -0.15) is 8.78 Å². The maximum atomic E-state index is 12.1. The van der Waals surface area contributed by atoms with Gasteiger partial charge in [-0.1, -0.05) is 0 Å². The Morgan fingerprint density at radius 3 is 1.91 bits per heavy atom. The lowest BCUT2D eigenvalue weighted by Crippen LogP contribution is -2.58. The van der Waals surface area contributed by atoms with Gasteiger partial charge in [0, 0.05) is 0 Å². The summed E-state index contributed by atoms with van der Waals surface area (Å²) in [6.45, 7) is 0. The van der Waals surface area contributed by atoms with Gasteiger partial charge in [0.25, 0.3) is 0 Å². The van der Waals surface area contributed by atoms with Crippen LogP contribution in [0.1, 0.15) is 0 Å². The van der Waals surface area contributed by atoms with Gasteiger partial charge in [0.1, 0.15) is 0 Å². The van der Waals surface area contributed by atoms with E-state index in [1.807, 2.05) is 0 Å². The molecule has 0 aromatic carbocycles. The van der Waals surface area contributed by atoms with Gasteiger partial charge < -0.3 is 5.11 Å². The van der Waals surface area contributed by atoms with Crippen molar-refractivity contribution in [2.45, 2.75) is 11.9 Å². The first-order valence-electron chi connectivity index (χ1n) is 2.14. The summed E-state index contributed by atoms with van der Waals surface area (Å²) in [5.74, 6) is -7.29. The second-order valence-corrected chi connectivity index (χ2v) is 1.61. The predicted molar refractivity (Wildman–Crippen MR) is 22.8 cm³/mol. The average molecular weight is 177 g/mol. The van der Waals surface area contributed by atoms with E-state index in [9.17, 15) is 22.5 Å². The van der Waals surface area contributed by atoms with Crippen molar-refractivity contribution in [2.75, 3.05) is 0 Å². The van der Waals surface area contributed by atoms with E-state index in [-0.39, 0.29) is 0 Å². The Morgan fingerprint density at radius 2 is 1.82 bits per heavy atom. The molecule has 0 aliphatic rings. The molecule has 3 N–H and O–H groups in total. The maximum Gasteiger partial charge on any atom is 0.443 e. The van der Waals surface area contributed by atoms with Crippen LogP contribution in [0.4, 0.5) is 17.7 Å². The Morgan fingerprint density at radius 1 is 1.45 bits per heavy atom. The molecule has 0 aliphatic heterocycles. The molecule has 0 bridgehead atoms. The van der Waals surface area contributed by atoms with Crippen LogP contribution in [0.3, 0.4) is 0 Å². The van der Waals surface area contributed by atoms with Crippen LogP contribution in [-0.2, 0) is 9.74 Å². The van der Waals surface area contributed by atoms with E-state index in [1.54, 1.807) is 4.94 Å². The Balaban J connectivity index is 4.67. The van der Waals surface area contributed by atoms with Crippen LogP contribution in [0.25, 0.3) is 0 Å². The van der Waals surface area contributed by atoms with Crippen LogP contribution in [-0.4, -0.2) is 23.0 Å². The lowest BCUT2D eigenvalue weighted by Gasteiger charge is -2.20. The average Bonchev–Trinajstić information content (AvgIpc) is 1.87. The highest BCUT2D eigenvalue weighted by atomic mass is 19.4. The van der Waals surface area contributed by atoms with E-state index in [0.29, 0.717) is 0 Å². The number of alkyl halides is 3. The summed E-state index contributed by atoms with van der Waals surface area (Å²) >= 11 is 0. The zero-order chi connectivity index (χ0) is 9.28. The van der Waals surface area contributed by atoms with E-state index < -0.39 is 17.9 Å². The van der Waals surface area contributed by atoms with E-state index in [2.05, 4.69) is 5.73 Å². The molecule has 0 fully saturated rings. The lowest BCUT2D eigenvalue weighted by atomic mass is 10.2. The first-order chi connectivity index (χ1) is 4.75. The molecule has 0 spiro atoms. The van der Waals surface area contributed by atoms with E-state index in [1.165, 1.54) is 0 Å². The van der Waals surface area contributed by atoms with Crippen molar-refractivity contribution in [1.29, 1.82) is 0 Å². The van der Waals surface area contributed by atoms with Crippen molar-refractivity contribution in [3.63, 3.8) is 0 Å². The molecule has 0 radical (unpaired) electrons. The molecule has 0 aromatic rings. The highest BCUT2D eigenvalue weighted by molar-refractivity contribution is 5.77. The number of hydrogen-bond acceptors (Lipinski definition) is 3. The molecule has 4 nitrogen and oxygen atoms in total. The molecule has 0 aromatic heterocycles. The highest BCUT2D eigenvalue weighted by Crippen LogP contribution is 2.29. The summed E-state index contributed by atoms with van der Waals surface area (Å²) in [5.41, 5.74) is 3.87. The molecule has 8 heteroatoms. The van der Waals surface area contributed by atoms with Gasteiger partial charge in [-0.05, 0) is 4.53 Å². The fraction of sp³-hybridized carbons (Fsp3) is 0.667. The van der Waals surface area contributed by atoms with Crippen LogP contribution in [0, 0.1) is 0 Å². The second-order valence-electron chi connectivity index (χ2n) is 1.61. The molecular weight excluding hydrogens is 174 g/mol. The number of carboxylic acids is 1. The molecule has 0 saturated carbocycles. The molecule has 66 valence electrons. The van der Waals surface area contributed by atoms with Gasteiger partial charge >= 0.3 is 17.9 Å². The molecule has 1 atom stereocenters. The van der Waals surface area contributed by atoms with Crippen LogP contribution in [0.15, 0.2) is 0 Å². The normalized spacial score (nSPS) is 17.5. The van der Waals surface area contributed by atoms with Gasteiger partial charge in [0.2, 0.25) is 0 Å². The smallest absolute Gasteiger partial charge is 0.443 e. The summed E-state index contributed by atoms with van der Waals surface area (Å²) in [6, 6.07) is 0. The Labute approximate surface area is 57.4 Å². The molecule has 11 heavy (non-hydrogen) atoms. The molecule has 0 amide bonds. The largest absolute Gasteiger partial charge is 0.478 e. The maximum absolute atomic E-state index is 12.1. The van der Waals surface area contributed by atoms with Crippen LogP contribution in [0.2, 0.25) is 0 Å². The number of carboxylic acid groups (broad SMARTS) is 1. The molecule has 0 heterocycles. The fourth-order valence-corrected chi connectivity index (χ4v) is 0.181. The summed E-state index contributed by atoms with van der Waals surface area (Å²) in [5, 5.41) is 7.68. The monoisotopic (exact) mass is 177 g/mol. The number of aliphatic carboxylic acids is 1. The number of halogens is 4. The van der Waals surface area contributed by atoms with E-state index in [0.717, 1.165) is 0 Å². The summed E-state index contributed by atoms with van der Waals surface area (Å²) in [4.78, 5) is 11.3. The van der Waals surface area contributed by atoms with Gasteiger partial charge in [-0.3, -0.25) is 5.73 Å². The third-order valence-corrected chi connectivity index (χ3v) is 0.832. The second kappa shape index (κ2) is 2.62. The van der Waals surface area contributed by atoms with Crippen molar-refractivity contribution in [2.24, 2.45) is 5.73 Å². The van der Waals surface area contributed by atoms with Gasteiger partial charge in [-0.25, -0.2) is 9.18 Å². The fourth-order valence-electron chi connectivity index (χ4n) is 0.181. The van der Waals surface area contributed by atoms with Gasteiger partial charge in [0.15, 0.2) is 0 Å². The minimum Gasteiger partial charge on any atom is -0.478 e. The quantitative estimate of drug-likeness (QED) is 0.476. The van der Waals surface area contributed by atoms with Crippen molar-refractivity contribution >= 4 is 5.97 Å². The lowest BCUT2D eigenvalue weighted by molar-refractivity contribution is -0.392. The van der Waals surface area contributed by atoms with Crippen LogP contribution in [0.5, 0.6) is 0 Å². The van der Waals surface area contributed by atoms with Gasteiger partial charge in [0.05, 0.1) is 0 Å². The van der Waals surface area contributed by atoms with Crippen molar-refractivity contribution < 1.29 is 32.5 Å². The topological polar surface area (TPSA) is 72.6 Å². The molecule has 0 aliphatic carbocycles. The molecular formula is C3H3F4NO3. The molecule has 0 saturated heterocycles. The Kier molecular flexibility index (Phi) is 2.41. The van der Waals surface area contributed by atoms with Crippen LogP contribution >= 0.6 is 0 Å². The SMILES string of the molecule is NC(F)(C(=O)O)C(F)(F)OF. The standard InChI is InChI=1S/C3H3F4NO3/c4-2(8,1(9)10)3(5,6)11-7/h8H2,(H,9,10). The van der Waals surface area contributed by atoms with Crippen molar-refractivity contribution in [3.8, 4) is 0 Å². The van der Waals surface area contributed by atoms with Crippen molar-refractivity contribution in [3.05, 3.63) is 0 Å². The first-order valence-corrected chi connectivity index (χ1v) is 2.14. The third kappa shape index (κ3) is 1.57. The Bertz CT molecular complexity index is 170. The first kappa shape index (κ1) is 10.1. The van der Waals surface area contributed by atoms with E-state index in [4.69, 9.17) is 5.11 Å². The van der Waals surface area contributed by atoms with Gasteiger partial charge in [-0.15, -0.1) is 4.94 Å². The Hall–Kier alpha value is -0.890. The number of rotatable bonds is 3. The van der Waals surface area contributed by atoms with Crippen molar-refractivity contribution in [1.82, 2.24) is 0 Å². The third-order valence-electron chi connectivity index (χ3n) is 0.832. The zero-order valence-corrected chi connectivity index (χ0v) is 4.85. The van der Waals surface area contributed by atoms with E-state index >= 15 is 0 Å². The highest BCUT2D eigenvalue weighted by Gasteiger charge is 2.61. The molecule has 1 unspecified atom stereocenters. The number of hydrogen-bond donors (Lipinski definition) is 2. The summed E-state index contributed by atoms with van der Waals surface area (Å²) in [7, 11) is 0. The zero-order valence-electron chi connectivity index (χ0n) is 4.85. The number of carbonyl (C=O) groups is 1. The minimum absolute atomic E-state index is 1.75. The predicted octanol–water partition coefficient (Wildman–Crippen LogP) is 0.189. The summed E-state index contributed by atoms with van der Waals surface area (Å²) in [6.07, 6.45) is -5.20. The summed E-state index contributed by atoms with van der Waals surface area (Å²) < 4.78 is 46.3. The number of nitrogens with two attached hydrogens (primary N) is 1. The van der Waals surface area contributed by atoms with Crippen LogP contribution < -0.4 is 5.73 Å².